The van der Waals surface area contributed by atoms with Gasteiger partial charge in [0.2, 0.25) is 17.5 Å². The van der Waals surface area contributed by atoms with Crippen LogP contribution < -0.4 is 10.2 Å². The van der Waals surface area contributed by atoms with Crippen LogP contribution in [0.15, 0.2) is 39.5 Å². The van der Waals surface area contributed by atoms with Gasteiger partial charge >= 0.3 is 0 Å². The molecule has 1 aliphatic rings. The van der Waals surface area contributed by atoms with Crippen LogP contribution in [-0.4, -0.2) is 83.9 Å². The molecule has 4 rings (SSSR count). The van der Waals surface area contributed by atoms with Gasteiger partial charge in [0.05, 0.1) is 0 Å². The molecule has 1 fully saturated rings. The molecule has 1 aromatic heterocycles. The van der Waals surface area contributed by atoms with Crippen LogP contribution in [0.3, 0.4) is 0 Å². The van der Waals surface area contributed by atoms with Crippen molar-refractivity contribution >= 4 is 16.8 Å². The molecule has 5 atom stereocenters. The van der Waals surface area contributed by atoms with E-state index in [9.17, 15) is 45.3 Å². The minimum Gasteiger partial charge on any atom is -0.508 e. The van der Waals surface area contributed by atoms with E-state index in [0.717, 1.165) is 24.3 Å². The molecule has 1 saturated heterocycles. The molecular weight excluding hydrogens is 472 g/mol. The quantitative estimate of drug-likeness (QED) is 0.215. The number of ether oxygens (including phenoxy) is 2. The largest absolute Gasteiger partial charge is 0.508 e. The molecule has 13 heteroatoms. The van der Waals surface area contributed by atoms with Crippen LogP contribution in [-0.2, 0) is 9.53 Å². The van der Waals surface area contributed by atoms with Crippen LogP contribution in [0, 0.1) is 0 Å². The highest BCUT2D eigenvalue weighted by atomic mass is 16.7. The SMILES string of the molecule is O=C(CO)C1OC(Oc2cc(-c3oc4cc(O)cc(O)c4c(=O)c3O)ccc2O)C(O)C(O)C1O. The Morgan fingerprint density at radius 2 is 1.66 bits per heavy atom. The number of benzene rings is 2. The summed E-state index contributed by atoms with van der Waals surface area (Å²) in [6, 6.07) is 5.29. The van der Waals surface area contributed by atoms with Crippen LogP contribution in [0.25, 0.3) is 22.3 Å². The molecule has 0 amide bonds. The summed E-state index contributed by atoms with van der Waals surface area (Å²) in [6.07, 6.45) is -9.17. The van der Waals surface area contributed by atoms with Gasteiger partial charge in [-0.05, 0) is 18.2 Å². The molecule has 2 aromatic carbocycles. The van der Waals surface area contributed by atoms with Gasteiger partial charge < -0.3 is 54.7 Å². The lowest BCUT2D eigenvalue weighted by Crippen LogP contribution is -2.61. The second kappa shape index (κ2) is 9.05. The summed E-state index contributed by atoms with van der Waals surface area (Å²) >= 11 is 0. The van der Waals surface area contributed by atoms with E-state index in [-0.39, 0.29) is 16.5 Å². The van der Waals surface area contributed by atoms with Crippen molar-refractivity contribution in [2.24, 2.45) is 0 Å². The molecule has 35 heavy (non-hydrogen) atoms. The number of aliphatic hydroxyl groups excluding tert-OH is 4. The number of fused-ring (bicyclic) bond motifs is 1. The van der Waals surface area contributed by atoms with Gasteiger partial charge in [-0.15, -0.1) is 0 Å². The van der Waals surface area contributed by atoms with E-state index in [2.05, 4.69) is 0 Å². The first-order valence-corrected chi connectivity index (χ1v) is 10.1. The van der Waals surface area contributed by atoms with Crippen LogP contribution >= 0.6 is 0 Å². The highest BCUT2D eigenvalue weighted by molar-refractivity contribution is 5.88. The van der Waals surface area contributed by atoms with E-state index >= 15 is 0 Å². The number of ketones is 1. The number of carbonyl (C=O) groups is 1. The zero-order valence-electron chi connectivity index (χ0n) is 17.6. The summed E-state index contributed by atoms with van der Waals surface area (Å²) < 4.78 is 16.1. The molecule has 2 heterocycles. The van der Waals surface area contributed by atoms with Crippen LogP contribution in [0.1, 0.15) is 0 Å². The van der Waals surface area contributed by atoms with Gasteiger partial charge in [0.25, 0.3) is 0 Å². The fourth-order valence-corrected chi connectivity index (χ4v) is 3.65. The third-order valence-corrected chi connectivity index (χ3v) is 5.44. The van der Waals surface area contributed by atoms with Crippen molar-refractivity contribution in [1.82, 2.24) is 0 Å². The van der Waals surface area contributed by atoms with Gasteiger partial charge in [-0.25, -0.2) is 0 Å². The fraction of sp³-hybridized carbons (Fsp3) is 0.273. The maximum atomic E-state index is 12.6. The predicted molar refractivity (Wildman–Crippen MR) is 114 cm³/mol. The van der Waals surface area contributed by atoms with Crippen molar-refractivity contribution in [1.29, 1.82) is 0 Å². The summed E-state index contributed by atoms with van der Waals surface area (Å²) in [5, 5.41) is 79.1. The number of rotatable bonds is 5. The van der Waals surface area contributed by atoms with Crippen molar-refractivity contribution in [3.8, 4) is 40.1 Å². The van der Waals surface area contributed by atoms with Gasteiger partial charge in [0.1, 0.15) is 47.4 Å². The maximum Gasteiger partial charge on any atom is 0.238 e. The first-order chi connectivity index (χ1) is 16.5. The number of carbonyl (C=O) groups excluding carboxylic acids is 1. The lowest BCUT2D eigenvalue weighted by molar-refractivity contribution is -0.266. The van der Waals surface area contributed by atoms with Gasteiger partial charge in [0, 0.05) is 17.7 Å². The van der Waals surface area contributed by atoms with Crippen molar-refractivity contribution < 1.29 is 59.5 Å². The molecule has 0 bridgehead atoms. The van der Waals surface area contributed by atoms with Crippen molar-refractivity contribution in [3.63, 3.8) is 0 Å². The number of hydrogen-bond acceptors (Lipinski definition) is 13. The van der Waals surface area contributed by atoms with E-state index in [1.807, 2.05) is 0 Å². The third-order valence-electron chi connectivity index (χ3n) is 5.44. The van der Waals surface area contributed by atoms with Crippen LogP contribution in [0.4, 0.5) is 0 Å². The van der Waals surface area contributed by atoms with Gasteiger partial charge in [-0.2, -0.15) is 0 Å². The molecule has 13 nitrogen and oxygen atoms in total. The molecule has 3 aromatic rings. The zero-order valence-corrected chi connectivity index (χ0v) is 17.6. The second-order valence-electron chi connectivity index (χ2n) is 7.77. The molecule has 0 aliphatic carbocycles. The van der Waals surface area contributed by atoms with Crippen molar-refractivity contribution in [3.05, 3.63) is 40.6 Å². The normalized spacial score (nSPS) is 24.4. The minimum absolute atomic E-state index is 0.0361. The summed E-state index contributed by atoms with van der Waals surface area (Å²) in [4.78, 5) is 24.4. The van der Waals surface area contributed by atoms with Crippen molar-refractivity contribution in [2.45, 2.75) is 30.7 Å². The molecule has 5 unspecified atom stereocenters. The van der Waals surface area contributed by atoms with Crippen molar-refractivity contribution in [2.75, 3.05) is 6.61 Å². The van der Waals surface area contributed by atoms with E-state index in [0.29, 0.717) is 0 Å². The maximum absolute atomic E-state index is 12.6. The average Bonchev–Trinajstić information content (AvgIpc) is 2.82. The molecule has 186 valence electrons. The summed E-state index contributed by atoms with van der Waals surface area (Å²) in [6.45, 7) is -1.02. The molecular formula is C22H20O13. The number of aromatic hydroxyl groups is 4. The summed E-state index contributed by atoms with van der Waals surface area (Å²) in [5.74, 6) is -4.30. The number of phenols is 3. The van der Waals surface area contributed by atoms with E-state index in [1.165, 1.54) is 6.07 Å². The first-order valence-electron chi connectivity index (χ1n) is 10.1. The summed E-state index contributed by atoms with van der Waals surface area (Å²) in [5.41, 5.74) is -1.31. The third kappa shape index (κ3) is 4.22. The number of Topliss-reactive ketones (excluding diaryl/α,β-unsaturated/α-hetero) is 1. The summed E-state index contributed by atoms with van der Waals surface area (Å²) in [7, 11) is 0. The van der Waals surface area contributed by atoms with Gasteiger partial charge in [-0.3, -0.25) is 9.59 Å². The van der Waals surface area contributed by atoms with Gasteiger partial charge in [0.15, 0.2) is 29.1 Å². The number of aliphatic hydroxyl groups is 4. The number of hydrogen-bond donors (Lipinski definition) is 8. The zero-order chi connectivity index (χ0) is 25.6. The Balaban J connectivity index is 1.73. The molecule has 0 saturated carbocycles. The monoisotopic (exact) mass is 492 g/mol. The van der Waals surface area contributed by atoms with E-state index in [4.69, 9.17) is 19.0 Å². The Labute approximate surface area is 194 Å². The van der Waals surface area contributed by atoms with Crippen LogP contribution in [0.2, 0.25) is 0 Å². The first kappa shape index (κ1) is 24.3. The van der Waals surface area contributed by atoms with E-state index < -0.39 is 83.0 Å². The Hall–Kier alpha value is -3.88. The standard InChI is InChI=1S/C22H20O13/c23-6-11(27)21-18(31)16(29)19(32)22(35-21)34-12-3-7(1-2-9(12)25)20-17(30)15(28)14-10(26)4-8(24)5-13(14)33-20/h1-5,16,18-19,21-26,29-32H,6H2. The predicted octanol–water partition coefficient (Wildman–Crippen LogP) is -0.970. The fourth-order valence-electron chi connectivity index (χ4n) is 3.65. The van der Waals surface area contributed by atoms with E-state index in [1.54, 1.807) is 0 Å². The highest BCUT2D eigenvalue weighted by Crippen LogP contribution is 2.39. The minimum atomic E-state index is -1.90. The second-order valence-corrected chi connectivity index (χ2v) is 7.77. The molecule has 0 spiro atoms. The Bertz CT molecular complexity index is 1350. The number of phenolic OH excluding ortho intramolecular Hbond substituents is 3. The lowest BCUT2D eigenvalue weighted by Gasteiger charge is -2.39. The topological polar surface area (TPSA) is 228 Å². The molecule has 8 N–H and O–H groups in total. The Morgan fingerprint density at radius 3 is 2.34 bits per heavy atom. The van der Waals surface area contributed by atoms with Gasteiger partial charge in [-0.1, -0.05) is 0 Å². The average molecular weight is 492 g/mol. The molecule has 0 radical (unpaired) electrons. The van der Waals surface area contributed by atoms with Crippen LogP contribution in [0.5, 0.6) is 28.7 Å². The smallest absolute Gasteiger partial charge is 0.238 e. The molecule has 1 aliphatic heterocycles. The highest BCUT2D eigenvalue weighted by Gasteiger charge is 2.47. The Morgan fingerprint density at radius 1 is 0.943 bits per heavy atom. The Kier molecular flexibility index (Phi) is 6.27. The lowest BCUT2D eigenvalue weighted by atomic mass is 9.96.